The zero-order valence-electron chi connectivity index (χ0n) is 39.8. The lowest BCUT2D eigenvalue weighted by Crippen LogP contribution is -2.23. The third kappa shape index (κ3) is 11.6. The van der Waals surface area contributed by atoms with E-state index in [-0.39, 0.29) is 11.5 Å². The number of H-pyrrole nitrogens is 5. The number of nitrogens with one attached hydrogen (secondary N) is 6. The molecule has 0 unspecified atom stereocenters. The first kappa shape index (κ1) is 49.9. The Balaban J connectivity index is 0.000000131. The highest BCUT2D eigenvalue weighted by atomic mass is 16.6. The number of aromatic amines is 5. The minimum absolute atomic E-state index is 0.0645. The van der Waals surface area contributed by atoms with Crippen molar-refractivity contribution >= 4 is 66.9 Å². The first-order valence-electron chi connectivity index (χ1n) is 22.4. The van der Waals surface area contributed by atoms with Crippen LogP contribution >= 0.6 is 0 Å². The van der Waals surface area contributed by atoms with Crippen molar-refractivity contribution in [3.05, 3.63) is 176 Å². The molecule has 0 aliphatic carbocycles. The van der Waals surface area contributed by atoms with Crippen molar-refractivity contribution in [1.29, 1.82) is 0 Å². The van der Waals surface area contributed by atoms with Crippen molar-refractivity contribution in [3.8, 4) is 28.7 Å². The third-order valence-corrected chi connectivity index (χ3v) is 11.7. The number of aldehydes is 1. The van der Waals surface area contributed by atoms with Crippen LogP contribution in [0.5, 0.6) is 28.7 Å². The molecular formula is C53H54N8O10. The topological polar surface area (TPSA) is 240 Å². The SMILES string of the molecule is COc1cccc2[nH]c3c(c12)CCNC3.COc1cccc2[nH]cc(/C=C/[N+](=O)[O-])c12.COc1cccc2[nH]cc(C=O)c12.COc1cccc2[nH]cc(CC[N+](=O)[O-])c12.COc1cccc2[nH]ccc12. The molecule has 0 bridgehead atoms. The predicted octanol–water partition coefficient (Wildman–Crippen LogP) is 10.4. The smallest absolute Gasteiger partial charge is 0.235 e. The summed E-state index contributed by atoms with van der Waals surface area (Å²) < 4.78 is 26.2. The number of fused-ring (bicyclic) bond motifs is 7. The van der Waals surface area contributed by atoms with Crippen LogP contribution in [0.3, 0.4) is 0 Å². The average molecular weight is 963 g/mol. The van der Waals surface area contributed by atoms with Gasteiger partial charge in [0.2, 0.25) is 12.7 Å². The lowest BCUT2D eigenvalue weighted by atomic mass is 10.0. The summed E-state index contributed by atoms with van der Waals surface area (Å²) in [5.74, 6) is 4.07. The molecule has 11 rings (SSSR count). The molecular weight excluding hydrogens is 909 g/mol. The highest BCUT2D eigenvalue weighted by molar-refractivity contribution is 6.01. The third-order valence-electron chi connectivity index (χ3n) is 11.7. The Morgan fingerprint density at radius 3 is 1.66 bits per heavy atom. The Bertz CT molecular complexity index is 3430. The summed E-state index contributed by atoms with van der Waals surface area (Å²) in [6, 6.07) is 31.0. The largest absolute Gasteiger partial charge is 0.496 e. The van der Waals surface area contributed by atoms with Crippen LogP contribution in [-0.2, 0) is 19.4 Å². The molecule has 0 radical (unpaired) electrons. The van der Waals surface area contributed by atoms with Crippen molar-refractivity contribution in [2.45, 2.75) is 19.4 Å². The van der Waals surface area contributed by atoms with E-state index < -0.39 is 4.92 Å². The van der Waals surface area contributed by atoms with Crippen LogP contribution < -0.4 is 29.0 Å². The Hall–Kier alpha value is -9.03. The molecule has 0 fully saturated rings. The second-order valence-corrected chi connectivity index (χ2v) is 15.8. The molecule has 5 aromatic heterocycles. The summed E-state index contributed by atoms with van der Waals surface area (Å²) in [6.45, 7) is 1.93. The molecule has 18 nitrogen and oxygen atoms in total. The van der Waals surface area contributed by atoms with E-state index in [9.17, 15) is 25.0 Å². The second kappa shape index (κ2) is 23.8. The van der Waals surface area contributed by atoms with Gasteiger partial charge in [0.25, 0.3) is 0 Å². The maximum Gasteiger partial charge on any atom is 0.235 e. The zero-order chi connectivity index (χ0) is 50.3. The Labute approximate surface area is 407 Å². The standard InChI is InChI=1S/C12H14N2O.C11H12N2O3.C11H10N2O3.C10H9NO2.C9H9NO/c1-15-11-4-2-3-9-12(11)8-5-6-13-7-10(8)14-9;2*1-16-10-4-2-3-9-11(10)8(7-12-9)5-6-13(14)15;1-13-9-4-2-3-8-10(9)7(6-12)5-11-8;1-11-9-4-2-3-8-7(9)5-6-10-8/h2-4,13-14H,5-7H2,1H3;2-4,7,12H,5-6H2,1H3;2-7,12H,1H3;2-6,11H,1H3;2-6,10H,1H3/b;;6-5+;;. The van der Waals surface area contributed by atoms with Crippen LogP contribution in [0.1, 0.15) is 32.7 Å². The van der Waals surface area contributed by atoms with E-state index in [1.807, 2.05) is 97.2 Å². The molecule has 6 heterocycles. The summed E-state index contributed by atoms with van der Waals surface area (Å²) in [7, 11) is 8.18. The van der Waals surface area contributed by atoms with Gasteiger partial charge in [0, 0.05) is 115 Å². The summed E-state index contributed by atoms with van der Waals surface area (Å²) in [4.78, 5) is 46.2. The number of nitro groups is 2. The number of nitrogens with zero attached hydrogens (tertiary/aromatic N) is 2. The number of hydrogen-bond acceptors (Lipinski definition) is 11. The number of rotatable bonds is 11. The first-order chi connectivity index (χ1) is 34.6. The molecule has 5 aromatic carbocycles. The Kier molecular flexibility index (Phi) is 16.7. The van der Waals surface area contributed by atoms with E-state index in [1.54, 1.807) is 54.1 Å². The van der Waals surface area contributed by atoms with Gasteiger partial charge >= 0.3 is 0 Å². The summed E-state index contributed by atoms with van der Waals surface area (Å²) in [5.41, 5.74) is 10.1. The van der Waals surface area contributed by atoms with Gasteiger partial charge in [-0.25, -0.2) is 0 Å². The van der Waals surface area contributed by atoms with Gasteiger partial charge in [-0.2, -0.15) is 0 Å². The van der Waals surface area contributed by atoms with Crippen molar-refractivity contribution in [1.82, 2.24) is 30.2 Å². The van der Waals surface area contributed by atoms with E-state index in [2.05, 4.69) is 36.3 Å². The number of ether oxygens (including phenoxy) is 5. The maximum absolute atomic E-state index is 10.7. The van der Waals surface area contributed by atoms with E-state index in [4.69, 9.17) is 23.7 Å². The molecule has 0 spiro atoms. The fraction of sp³-hybridized carbons (Fsp3) is 0.189. The van der Waals surface area contributed by atoms with Gasteiger partial charge in [0.05, 0.1) is 45.9 Å². The van der Waals surface area contributed by atoms with Gasteiger partial charge in [-0.3, -0.25) is 25.0 Å². The number of carbonyl (C=O) groups is 1. The summed E-state index contributed by atoms with van der Waals surface area (Å²) >= 11 is 0. The fourth-order valence-corrected chi connectivity index (χ4v) is 8.45. The number of benzene rings is 5. The van der Waals surface area contributed by atoms with Gasteiger partial charge in [0.15, 0.2) is 6.29 Å². The lowest BCUT2D eigenvalue weighted by Gasteiger charge is -2.13. The van der Waals surface area contributed by atoms with E-state index in [0.717, 1.165) is 110 Å². The summed E-state index contributed by atoms with van der Waals surface area (Å²) in [5, 5.41) is 29.0. The molecule has 71 heavy (non-hydrogen) atoms. The highest BCUT2D eigenvalue weighted by Crippen LogP contribution is 2.33. The Morgan fingerprint density at radius 1 is 0.577 bits per heavy atom. The van der Waals surface area contributed by atoms with Crippen molar-refractivity contribution in [2.75, 3.05) is 48.6 Å². The van der Waals surface area contributed by atoms with Gasteiger partial charge < -0.3 is 53.9 Å². The number of carbonyl (C=O) groups excluding carboxylic acids is 1. The normalized spacial score (nSPS) is 11.6. The van der Waals surface area contributed by atoms with Crippen molar-refractivity contribution < 1.29 is 38.3 Å². The lowest BCUT2D eigenvalue weighted by molar-refractivity contribution is -0.479. The van der Waals surface area contributed by atoms with Crippen LogP contribution in [0.15, 0.2) is 128 Å². The maximum atomic E-state index is 10.7. The molecule has 6 N–H and O–H groups in total. The number of aromatic nitrogens is 5. The molecule has 0 atom stereocenters. The molecule has 0 saturated heterocycles. The van der Waals surface area contributed by atoms with E-state index in [0.29, 0.717) is 17.7 Å². The molecule has 1 aliphatic rings. The van der Waals surface area contributed by atoms with Crippen LogP contribution in [0.4, 0.5) is 0 Å². The number of methoxy groups -OCH3 is 5. The molecule has 366 valence electrons. The number of hydrogen-bond donors (Lipinski definition) is 6. The molecule has 0 amide bonds. The second-order valence-electron chi connectivity index (χ2n) is 15.8. The van der Waals surface area contributed by atoms with E-state index in [1.165, 1.54) is 28.2 Å². The monoisotopic (exact) mass is 962 g/mol. The zero-order valence-corrected chi connectivity index (χ0v) is 39.8. The molecule has 1 aliphatic heterocycles. The Morgan fingerprint density at radius 2 is 1.08 bits per heavy atom. The first-order valence-corrected chi connectivity index (χ1v) is 22.4. The van der Waals surface area contributed by atoms with Crippen LogP contribution in [0.2, 0.25) is 0 Å². The van der Waals surface area contributed by atoms with Gasteiger partial charge in [0.1, 0.15) is 28.7 Å². The van der Waals surface area contributed by atoms with Gasteiger partial charge in [-0.15, -0.1) is 0 Å². The summed E-state index contributed by atoms with van der Waals surface area (Å²) in [6.07, 6.45) is 11.8. The van der Waals surface area contributed by atoms with Crippen LogP contribution in [-0.4, -0.2) is 89.7 Å². The predicted molar refractivity (Wildman–Crippen MR) is 277 cm³/mol. The average Bonchev–Trinajstić information content (AvgIpc) is 4.27. The quantitative estimate of drug-likeness (QED) is 0.0405. The molecule has 10 aromatic rings. The molecule has 18 heteroatoms. The molecule has 0 saturated carbocycles. The van der Waals surface area contributed by atoms with Gasteiger partial charge in [-0.1, -0.05) is 30.3 Å². The van der Waals surface area contributed by atoms with Gasteiger partial charge in [-0.05, 0) is 90.8 Å². The van der Waals surface area contributed by atoms with Crippen molar-refractivity contribution in [2.24, 2.45) is 0 Å². The minimum atomic E-state index is -0.492. The highest BCUT2D eigenvalue weighted by Gasteiger charge is 2.17. The van der Waals surface area contributed by atoms with E-state index >= 15 is 0 Å². The van der Waals surface area contributed by atoms with Crippen molar-refractivity contribution in [3.63, 3.8) is 0 Å². The van der Waals surface area contributed by atoms with Crippen LogP contribution in [0, 0.1) is 20.2 Å². The van der Waals surface area contributed by atoms with Crippen LogP contribution in [0.25, 0.3) is 60.6 Å². The fourth-order valence-electron chi connectivity index (χ4n) is 8.45. The minimum Gasteiger partial charge on any atom is -0.496 e.